The van der Waals surface area contributed by atoms with Crippen molar-refractivity contribution in [3.8, 4) is 5.75 Å². The molecule has 0 saturated carbocycles. The molecule has 0 spiro atoms. The fourth-order valence-electron chi connectivity index (χ4n) is 2.48. The molecule has 2 rings (SSSR count). The number of hydrogen-bond acceptors (Lipinski definition) is 2. The SMILES string of the molecule is CNC(c1ccc(OC)c(F)c1)c1cc(C)c(Cl)cc1C. The normalized spacial score (nSPS) is 12.3. The van der Waals surface area contributed by atoms with E-state index in [0.717, 1.165) is 27.3 Å². The van der Waals surface area contributed by atoms with Crippen LogP contribution < -0.4 is 10.1 Å². The Labute approximate surface area is 129 Å². The molecule has 0 aliphatic carbocycles. The lowest BCUT2D eigenvalue weighted by Crippen LogP contribution is -2.19. The number of nitrogens with one attached hydrogen (secondary N) is 1. The Hall–Kier alpha value is -1.58. The first-order valence-electron chi connectivity index (χ1n) is 6.75. The average Bonchev–Trinajstić information content (AvgIpc) is 2.45. The van der Waals surface area contributed by atoms with Crippen molar-refractivity contribution >= 4 is 11.6 Å². The summed E-state index contributed by atoms with van der Waals surface area (Å²) in [5.41, 5.74) is 4.01. The van der Waals surface area contributed by atoms with Gasteiger partial charge in [-0.3, -0.25) is 0 Å². The molecule has 112 valence electrons. The van der Waals surface area contributed by atoms with E-state index in [1.54, 1.807) is 6.07 Å². The highest BCUT2D eigenvalue weighted by atomic mass is 35.5. The Bertz CT molecular complexity index is 657. The molecule has 2 aromatic carbocycles. The fourth-order valence-corrected chi connectivity index (χ4v) is 2.70. The van der Waals surface area contributed by atoms with Crippen molar-refractivity contribution in [3.05, 3.63) is 63.4 Å². The van der Waals surface area contributed by atoms with Crippen LogP contribution >= 0.6 is 11.6 Å². The maximum atomic E-state index is 13.9. The molecule has 1 atom stereocenters. The van der Waals surface area contributed by atoms with Crippen LogP contribution in [-0.4, -0.2) is 14.2 Å². The van der Waals surface area contributed by atoms with Gasteiger partial charge in [-0.15, -0.1) is 0 Å². The topological polar surface area (TPSA) is 21.3 Å². The van der Waals surface area contributed by atoms with Crippen LogP contribution in [0.15, 0.2) is 30.3 Å². The van der Waals surface area contributed by atoms with Crippen molar-refractivity contribution in [1.82, 2.24) is 5.32 Å². The zero-order chi connectivity index (χ0) is 15.6. The summed E-state index contributed by atoms with van der Waals surface area (Å²) in [6.07, 6.45) is 0. The van der Waals surface area contributed by atoms with Crippen LogP contribution in [0, 0.1) is 19.7 Å². The Kier molecular flexibility index (Phi) is 4.86. The Balaban J connectivity index is 2.49. The minimum atomic E-state index is -0.362. The van der Waals surface area contributed by atoms with E-state index in [0.29, 0.717) is 0 Å². The fraction of sp³-hybridized carbons (Fsp3) is 0.294. The second-order valence-electron chi connectivity index (χ2n) is 5.07. The summed E-state index contributed by atoms with van der Waals surface area (Å²) in [5, 5.41) is 3.98. The van der Waals surface area contributed by atoms with Crippen LogP contribution in [0.3, 0.4) is 0 Å². The van der Waals surface area contributed by atoms with Crippen LogP contribution in [0.1, 0.15) is 28.3 Å². The van der Waals surface area contributed by atoms with Crippen LogP contribution in [0.5, 0.6) is 5.75 Å². The van der Waals surface area contributed by atoms with Crippen molar-refractivity contribution in [3.63, 3.8) is 0 Å². The highest BCUT2D eigenvalue weighted by molar-refractivity contribution is 6.31. The van der Waals surface area contributed by atoms with E-state index in [2.05, 4.69) is 5.32 Å². The van der Waals surface area contributed by atoms with E-state index in [-0.39, 0.29) is 17.6 Å². The second kappa shape index (κ2) is 6.46. The molecule has 0 heterocycles. The van der Waals surface area contributed by atoms with Gasteiger partial charge in [0.2, 0.25) is 0 Å². The van der Waals surface area contributed by atoms with E-state index >= 15 is 0 Å². The quantitative estimate of drug-likeness (QED) is 0.903. The van der Waals surface area contributed by atoms with E-state index < -0.39 is 0 Å². The first-order chi connectivity index (χ1) is 9.97. The van der Waals surface area contributed by atoms with Crippen molar-refractivity contribution < 1.29 is 9.13 Å². The summed E-state index contributed by atoms with van der Waals surface area (Å²) in [6.45, 7) is 3.97. The van der Waals surface area contributed by atoms with E-state index in [1.165, 1.54) is 13.2 Å². The largest absolute Gasteiger partial charge is 0.494 e. The first-order valence-corrected chi connectivity index (χ1v) is 7.13. The third kappa shape index (κ3) is 3.20. The number of benzene rings is 2. The van der Waals surface area contributed by atoms with Gasteiger partial charge in [-0.25, -0.2) is 4.39 Å². The van der Waals surface area contributed by atoms with Crippen LogP contribution in [0.4, 0.5) is 4.39 Å². The van der Waals surface area contributed by atoms with Gasteiger partial charge in [0.1, 0.15) is 0 Å². The zero-order valence-electron chi connectivity index (χ0n) is 12.6. The predicted octanol–water partition coefficient (Wildman–Crippen LogP) is 4.41. The Morgan fingerprint density at radius 1 is 1.14 bits per heavy atom. The van der Waals surface area contributed by atoms with Gasteiger partial charge in [0.05, 0.1) is 13.2 Å². The van der Waals surface area contributed by atoms with Crippen LogP contribution in [0.25, 0.3) is 0 Å². The summed E-state index contributed by atoms with van der Waals surface area (Å²) in [6, 6.07) is 8.90. The molecule has 0 fully saturated rings. The average molecular weight is 308 g/mol. The molecule has 4 heteroatoms. The lowest BCUT2D eigenvalue weighted by Gasteiger charge is -2.21. The summed E-state index contributed by atoms with van der Waals surface area (Å²) in [7, 11) is 3.32. The maximum Gasteiger partial charge on any atom is 0.165 e. The number of halogens is 2. The van der Waals surface area contributed by atoms with Gasteiger partial charge in [0, 0.05) is 5.02 Å². The van der Waals surface area contributed by atoms with E-state index in [1.807, 2.05) is 39.1 Å². The molecule has 0 aromatic heterocycles. The third-order valence-corrected chi connectivity index (χ3v) is 4.06. The molecule has 0 saturated heterocycles. The van der Waals surface area contributed by atoms with Crippen LogP contribution in [0.2, 0.25) is 5.02 Å². The third-order valence-electron chi connectivity index (χ3n) is 3.66. The first kappa shape index (κ1) is 15.8. The molecule has 1 unspecified atom stereocenters. The molecule has 0 aliphatic heterocycles. The van der Waals surface area contributed by atoms with Gasteiger partial charge in [-0.2, -0.15) is 0 Å². The summed E-state index contributed by atoms with van der Waals surface area (Å²) < 4.78 is 18.9. The number of aryl methyl sites for hydroxylation is 2. The van der Waals surface area contributed by atoms with Gasteiger partial charge >= 0.3 is 0 Å². The van der Waals surface area contributed by atoms with Crippen molar-refractivity contribution in [2.24, 2.45) is 0 Å². The van der Waals surface area contributed by atoms with Gasteiger partial charge in [0.15, 0.2) is 11.6 Å². The molecule has 0 aliphatic rings. The molecule has 21 heavy (non-hydrogen) atoms. The van der Waals surface area contributed by atoms with Gasteiger partial charge in [0.25, 0.3) is 0 Å². The van der Waals surface area contributed by atoms with E-state index in [9.17, 15) is 4.39 Å². The van der Waals surface area contributed by atoms with Gasteiger partial charge in [-0.1, -0.05) is 23.7 Å². The van der Waals surface area contributed by atoms with Crippen molar-refractivity contribution in [1.29, 1.82) is 0 Å². The monoisotopic (exact) mass is 307 g/mol. The van der Waals surface area contributed by atoms with Crippen molar-refractivity contribution in [2.75, 3.05) is 14.2 Å². The second-order valence-corrected chi connectivity index (χ2v) is 5.48. The minimum Gasteiger partial charge on any atom is -0.494 e. The van der Waals surface area contributed by atoms with Crippen molar-refractivity contribution in [2.45, 2.75) is 19.9 Å². The summed E-state index contributed by atoms with van der Waals surface area (Å²) in [4.78, 5) is 0. The standard InChI is InChI=1S/C17H19ClFNO/c1-10-8-14(18)11(2)7-13(10)17(20-3)12-5-6-16(21-4)15(19)9-12/h5-9,17,20H,1-4H3. The predicted molar refractivity (Wildman–Crippen MR) is 84.8 cm³/mol. The Morgan fingerprint density at radius 2 is 1.86 bits per heavy atom. The molecular formula is C17H19ClFNO. The smallest absolute Gasteiger partial charge is 0.165 e. The molecule has 0 bridgehead atoms. The lowest BCUT2D eigenvalue weighted by atomic mass is 9.93. The molecule has 2 nitrogen and oxygen atoms in total. The minimum absolute atomic E-state index is 0.0960. The molecular weight excluding hydrogens is 289 g/mol. The number of rotatable bonds is 4. The van der Waals surface area contributed by atoms with Gasteiger partial charge < -0.3 is 10.1 Å². The number of hydrogen-bond donors (Lipinski definition) is 1. The molecule has 0 amide bonds. The number of methoxy groups -OCH3 is 1. The highest BCUT2D eigenvalue weighted by Gasteiger charge is 2.17. The Morgan fingerprint density at radius 3 is 2.43 bits per heavy atom. The highest BCUT2D eigenvalue weighted by Crippen LogP contribution is 2.30. The molecule has 1 N–H and O–H groups in total. The summed E-state index contributed by atoms with van der Waals surface area (Å²) >= 11 is 6.15. The lowest BCUT2D eigenvalue weighted by molar-refractivity contribution is 0.386. The summed E-state index contributed by atoms with van der Waals surface area (Å²) in [5.74, 6) is -0.115. The zero-order valence-corrected chi connectivity index (χ0v) is 13.4. The van der Waals surface area contributed by atoms with E-state index in [4.69, 9.17) is 16.3 Å². The van der Waals surface area contributed by atoms with Gasteiger partial charge in [-0.05, 0) is 61.3 Å². The number of ether oxygens (including phenoxy) is 1. The molecule has 2 aromatic rings. The molecule has 0 radical (unpaired) electrons. The van der Waals surface area contributed by atoms with Crippen LogP contribution in [-0.2, 0) is 0 Å². The maximum absolute atomic E-state index is 13.9.